The van der Waals surface area contributed by atoms with E-state index in [0.717, 1.165) is 4.90 Å². The highest BCUT2D eigenvalue weighted by atomic mass is 79.9. The summed E-state index contributed by atoms with van der Waals surface area (Å²) in [5.41, 5.74) is 0.733. The Morgan fingerprint density at radius 1 is 1.18 bits per heavy atom. The molecule has 0 aliphatic carbocycles. The van der Waals surface area contributed by atoms with Crippen molar-refractivity contribution >= 4 is 51.1 Å². The SMILES string of the molecule is O=C(O)CSc1ccc(NC(=O)c2cnc(N3CC(Oc4cc(F)ccc4Br)C3)cn2)cc1. The summed E-state index contributed by atoms with van der Waals surface area (Å²) in [6.45, 7) is 1.13. The molecular weight excluding hydrogens is 515 g/mol. The summed E-state index contributed by atoms with van der Waals surface area (Å²) in [6.07, 6.45) is 2.82. The number of carboxylic acids is 1. The first-order valence-corrected chi connectivity index (χ1v) is 11.6. The summed E-state index contributed by atoms with van der Waals surface area (Å²) in [5, 5.41) is 11.5. The van der Waals surface area contributed by atoms with Gasteiger partial charge in [-0.25, -0.2) is 14.4 Å². The topological polar surface area (TPSA) is 105 Å². The van der Waals surface area contributed by atoms with Crippen molar-refractivity contribution in [3.05, 3.63) is 70.8 Å². The predicted octanol–water partition coefficient (Wildman–Crippen LogP) is 4.07. The fourth-order valence-electron chi connectivity index (χ4n) is 3.02. The van der Waals surface area contributed by atoms with Crippen molar-refractivity contribution in [3.63, 3.8) is 0 Å². The average Bonchev–Trinajstić information content (AvgIpc) is 2.78. The Balaban J connectivity index is 1.28. The molecule has 2 N–H and O–H groups in total. The Bertz CT molecular complexity index is 1160. The highest BCUT2D eigenvalue weighted by Crippen LogP contribution is 2.29. The number of carbonyl (C=O) groups excluding carboxylic acids is 1. The van der Waals surface area contributed by atoms with Gasteiger partial charge in [-0.05, 0) is 52.3 Å². The number of thioether (sulfide) groups is 1. The molecule has 1 aliphatic heterocycles. The van der Waals surface area contributed by atoms with Crippen LogP contribution in [0.15, 0.2) is 64.2 Å². The van der Waals surface area contributed by atoms with Crippen molar-refractivity contribution in [3.8, 4) is 5.75 Å². The molecular formula is C22H18BrFN4O4S. The van der Waals surface area contributed by atoms with Gasteiger partial charge in [0.2, 0.25) is 0 Å². The van der Waals surface area contributed by atoms with Gasteiger partial charge in [-0.3, -0.25) is 9.59 Å². The lowest BCUT2D eigenvalue weighted by atomic mass is 10.1. The smallest absolute Gasteiger partial charge is 0.313 e. The number of ether oxygens (including phenoxy) is 1. The quantitative estimate of drug-likeness (QED) is 0.418. The second-order valence-corrected chi connectivity index (χ2v) is 9.04. The fraction of sp³-hybridized carbons (Fsp3) is 0.182. The highest BCUT2D eigenvalue weighted by molar-refractivity contribution is 9.10. The van der Waals surface area contributed by atoms with Crippen LogP contribution in [-0.2, 0) is 4.79 Å². The van der Waals surface area contributed by atoms with Gasteiger partial charge in [0.15, 0.2) is 0 Å². The maximum atomic E-state index is 13.4. The number of aromatic nitrogens is 2. The minimum Gasteiger partial charge on any atom is -0.485 e. The molecule has 1 aliphatic rings. The largest absolute Gasteiger partial charge is 0.485 e. The number of hydrogen-bond acceptors (Lipinski definition) is 7. The fourth-order valence-corrected chi connectivity index (χ4v) is 3.98. The van der Waals surface area contributed by atoms with Crippen molar-refractivity contribution < 1.29 is 23.8 Å². The number of aliphatic carboxylic acids is 1. The van der Waals surface area contributed by atoms with E-state index in [1.165, 1.54) is 36.3 Å². The third-order valence-corrected chi connectivity index (χ3v) is 6.36. The van der Waals surface area contributed by atoms with E-state index >= 15 is 0 Å². The zero-order valence-corrected chi connectivity index (χ0v) is 19.5. The van der Waals surface area contributed by atoms with Gasteiger partial charge >= 0.3 is 5.97 Å². The Kier molecular flexibility index (Phi) is 7.09. The van der Waals surface area contributed by atoms with E-state index in [-0.39, 0.29) is 23.4 Å². The second-order valence-electron chi connectivity index (χ2n) is 7.14. The molecule has 170 valence electrons. The first kappa shape index (κ1) is 23.0. The molecule has 1 amide bonds. The molecule has 4 rings (SSSR count). The van der Waals surface area contributed by atoms with Crippen LogP contribution in [0.2, 0.25) is 0 Å². The second kappa shape index (κ2) is 10.2. The van der Waals surface area contributed by atoms with Gasteiger partial charge < -0.3 is 20.1 Å². The van der Waals surface area contributed by atoms with E-state index in [4.69, 9.17) is 9.84 Å². The average molecular weight is 533 g/mol. The monoisotopic (exact) mass is 532 g/mol. The summed E-state index contributed by atoms with van der Waals surface area (Å²) in [5.74, 6) is -0.617. The van der Waals surface area contributed by atoms with Crippen LogP contribution in [-0.4, -0.2) is 51.9 Å². The number of benzene rings is 2. The Morgan fingerprint density at radius 3 is 2.61 bits per heavy atom. The number of nitrogens with zero attached hydrogens (tertiary/aromatic N) is 3. The van der Waals surface area contributed by atoms with E-state index in [0.29, 0.717) is 34.8 Å². The molecule has 0 unspecified atom stereocenters. The molecule has 33 heavy (non-hydrogen) atoms. The molecule has 2 heterocycles. The molecule has 1 aromatic heterocycles. The predicted molar refractivity (Wildman–Crippen MR) is 126 cm³/mol. The minimum atomic E-state index is -0.889. The molecule has 0 spiro atoms. The lowest BCUT2D eigenvalue weighted by molar-refractivity contribution is -0.133. The summed E-state index contributed by atoms with van der Waals surface area (Å²) >= 11 is 4.54. The van der Waals surface area contributed by atoms with Crippen LogP contribution in [0.4, 0.5) is 15.9 Å². The Labute approximate surface area is 201 Å². The molecule has 0 radical (unpaired) electrons. The third kappa shape index (κ3) is 5.99. The summed E-state index contributed by atoms with van der Waals surface area (Å²) < 4.78 is 19.9. The van der Waals surface area contributed by atoms with Crippen LogP contribution in [0, 0.1) is 5.82 Å². The number of rotatable bonds is 8. The van der Waals surface area contributed by atoms with Crippen molar-refractivity contribution in [2.45, 2.75) is 11.0 Å². The van der Waals surface area contributed by atoms with E-state index in [2.05, 4.69) is 31.2 Å². The van der Waals surface area contributed by atoms with Gasteiger partial charge in [0.05, 0.1) is 35.7 Å². The standard InChI is InChI=1S/C22H18BrFN4O4S/c23-17-6-1-13(24)7-19(17)32-15-10-28(11-15)20-9-25-18(8-26-20)22(31)27-14-2-4-16(5-3-14)33-12-21(29)30/h1-9,15H,10-12H2,(H,27,31)(H,29,30). The highest BCUT2D eigenvalue weighted by Gasteiger charge is 2.30. The van der Waals surface area contributed by atoms with E-state index in [1.54, 1.807) is 30.3 Å². The molecule has 3 aromatic rings. The van der Waals surface area contributed by atoms with Crippen LogP contribution in [0.1, 0.15) is 10.5 Å². The van der Waals surface area contributed by atoms with Crippen molar-refractivity contribution in [2.24, 2.45) is 0 Å². The molecule has 1 fully saturated rings. The van der Waals surface area contributed by atoms with Crippen molar-refractivity contribution in [1.29, 1.82) is 0 Å². The molecule has 11 heteroatoms. The number of amides is 1. The number of carboxylic acid groups (broad SMARTS) is 1. The zero-order valence-electron chi connectivity index (χ0n) is 17.1. The van der Waals surface area contributed by atoms with E-state index in [1.807, 2.05) is 4.90 Å². The first-order valence-electron chi connectivity index (χ1n) is 9.82. The summed E-state index contributed by atoms with van der Waals surface area (Å²) in [7, 11) is 0. The summed E-state index contributed by atoms with van der Waals surface area (Å²) in [6, 6.07) is 11.2. The van der Waals surface area contributed by atoms with Gasteiger partial charge in [-0.1, -0.05) is 0 Å². The van der Waals surface area contributed by atoms with E-state index in [9.17, 15) is 14.0 Å². The number of halogens is 2. The molecule has 0 saturated carbocycles. The zero-order chi connectivity index (χ0) is 23.4. The first-order chi connectivity index (χ1) is 15.9. The number of carbonyl (C=O) groups is 2. The van der Waals surface area contributed by atoms with Crippen LogP contribution in [0.3, 0.4) is 0 Å². The lowest BCUT2D eigenvalue weighted by Crippen LogP contribution is -2.54. The Hall–Kier alpha value is -3.18. The number of nitrogens with one attached hydrogen (secondary N) is 1. The molecule has 0 bridgehead atoms. The van der Waals surface area contributed by atoms with Gasteiger partial charge in [-0.2, -0.15) is 0 Å². The van der Waals surface area contributed by atoms with Gasteiger partial charge in [0.25, 0.3) is 5.91 Å². The maximum absolute atomic E-state index is 13.4. The van der Waals surface area contributed by atoms with E-state index < -0.39 is 11.9 Å². The van der Waals surface area contributed by atoms with Crippen LogP contribution in [0.25, 0.3) is 0 Å². The van der Waals surface area contributed by atoms with Crippen molar-refractivity contribution in [1.82, 2.24) is 9.97 Å². The summed E-state index contributed by atoms with van der Waals surface area (Å²) in [4.78, 5) is 34.3. The normalized spacial score (nSPS) is 13.3. The van der Waals surface area contributed by atoms with Gasteiger partial charge in [-0.15, -0.1) is 11.8 Å². The maximum Gasteiger partial charge on any atom is 0.313 e. The van der Waals surface area contributed by atoms with Gasteiger partial charge in [0, 0.05) is 16.6 Å². The molecule has 2 aromatic carbocycles. The number of hydrogen-bond donors (Lipinski definition) is 2. The molecule has 8 nitrogen and oxygen atoms in total. The Morgan fingerprint density at radius 2 is 1.94 bits per heavy atom. The van der Waals surface area contributed by atoms with Crippen LogP contribution >= 0.6 is 27.7 Å². The van der Waals surface area contributed by atoms with Crippen LogP contribution in [0.5, 0.6) is 5.75 Å². The van der Waals surface area contributed by atoms with Crippen molar-refractivity contribution in [2.75, 3.05) is 29.1 Å². The number of anilines is 2. The van der Waals surface area contributed by atoms with Crippen LogP contribution < -0.4 is 15.0 Å². The minimum absolute atomic E-state index is 0.0279. The molecule has 1 saturated heterocycles. The third-order valence-electron chi connectivity index (χ3n) is 4.70. The molecule has 0 atom stereocenters. The lowest BCUT2D eigenvalue weighted by Gasteiger charge is -2.39. The van der Waals surface area contributed by atoms with Gasteiger partial charge in [0.1, 0.15) is 29.2 Å².